The van der Waals surface area contributed by atoms with Crippen molar-refractivity contribution >= 4 is 27.0 Å². The molecule has 0 aliphatic heterocycles. The summed E-state index contributed by atoms with van der Waals surface area (Å²) in [7, 11) is 0. The largest absolute Gasteiger partial charge is 3.00 e. The van der Waals surface area contributed by atoms with Gasteiger partial charge in [0.1, 0.15) is 0 Å². The van der Waals surface area contributed by atoms with Crippen LogP contribution >= 0.6 is 0 Å². The Kier molecular flexibility index (Phi) is 105. The molecule has 0 aromatic carbocycles. The van der Waals surface area contributed by atoms with Gasteiger partial charge in [0, 0.05) is 0 Å². The van der Waals surface area contributed by atoms with Crippen LogP contribution in [-0.2, 0) is 59.7 Å². The van der Waals surface area contributed by atoms with E-state index < -0.39 is 0 Å². The Bertz CT molecular complexity index is 6.00. The summed E-state index contributed by atoms with van der Waals surface area (Å²) >= 11 is 0. The van der Waals surface area contributed by atoms with Gasteiger partial charge in [-0.05, 0) is 0 Å². The standard InChI is InChI=1S/K.2S.Y/q+1;2*-2;+3. The Balaban J connectivity index is 0. The fraction of sp³-hybridized carbons (Fsp3) is 0. The number of hydrogen-bond donors (Lipinski definition) is 0. The fourth-order valence-corrected chi connectivity index (χ4v) is 0. The molecule has 0 N–H and O–H groups in total. The van der Waals surface area contributed by atoms with Crippen molar-refractivity contribution in [2.24, 2.45) is 0 Å². The second-order valence-electron chi connectivity index (χ2n) is 0. The first-order valence-corrected chi connectivity index (χ1v) is 0. The van der Waals surface area contributed by atoms with Gasteiger partial charge in [0.15, 0.2) is 0 Å². The molecule has 0 radical (unpaired) electrons. The molecule has 0 saturated carbocycles. The zero-order chi connectivity index (χ0) is 0. The Hall–Kier alpha value is 3.44. The molecular weight excluding hydrogens is 192 g/mol. The third-order valence-corrected chi connectivity index (χ3v) is 0. The van der Waals surface area contributed by atoms with Crippen LogP contribution in [0.4, 0.5) is 0 Å². The molecule has 0 bridgehead atoms. The van der Waals surface area contributed by atoms with Crippen LogP contribution in [0.3, 0.4) is 0 Å². The van der Waals surface area contributed by atoms with Gasteiger partial charge in [-0.25, -0.2) is 0 Å². The van der Waals surface area contributed by atoms with Crippen LogP contribution in [0.2, 0.25) is 0 Å². The van der Waals surface area contributed by atoms with E-state index >= 15 is 0 Å². The van der Waals surface area contributed by atoms with Crippen LogP contribution in [0.1, 0.15) is 0 Å². The SMILES string of the molecule is [K+].[S-2].[S-2].[Y+3]. The second-order valence-corrected chi connectivity index (χ2v) is 0. The summed E-state index contributed by atoms with van der Waals surface area (Å²) in [5.74, 6) is 0. The third kappa shape index (κ3) is 9.06. The van der Waals surface area contributed by atoms with Crippen molar-refractivity contribution < 1.29 is 84.1 Å². The molecule has 0 unspecified atom stereocenters. The van der Waals surface area contributed by atoms with Crippen molar-refractivity contribution in [3.8, 4) is 0 Å². The molecule has 0 atom stereocenters. The van der Waals surface area contributed by atoms with Crippen molar-refractivity contribution in [3.63, 3.8) is 0 Å². The smallest absolute Gasteiger partial charge is 2.00 e. The molecule has 0 heterocycles. The maximum absolute atomic E-state index is 0. The Labute approximate surface area is 108 Å². The second kappa shape index (κ2) is 16.1. The van der Waals surface area contributed by atoms with Gasteiger partial charge in [-0.3, -0.25) is 0 Å². The van der Waals surface area contributed by atoms with Crippen LogP contribution in [0.5, 0.6) is 0 Å². The van der Waals surface area contributed by atoms with E-state index in [0.29, 0.717) is 0 Å². The molecule has 0 amide bonds. The zero-order valence-corrected chi connectivity index (χ0v) is 9.99. The van der Waals surface area contributed by atoms with Crippen LogP contribution < -0.4 is 51.4 Å². The number of rotatable bonds is 0. The molecule has 0 saturated heterocycles. The van der Waals surface area contributed by atoms with Crippen LogP contribution in [0.25, 0.3) is 0 Å². The summed E-state index contributed by atoms with van der Waals surface area (Å²) < 4.78 is 0. The monoisotopic (exact) mass is 192 g/mol. The summed E-state index contributed by atoms with van der Waals surface area (Å²) in [6, 6.07) is 0. The topological polar surface area (TPSA) is 0 Å². The molecule has 0 aromatic heterocycles. The minimum Gasteiger partial charge on any atom is -2.00 e. The van der Waals surface area contributed by atoms with E-state index in [1.165, 1.54) is 0 Å². The van der Waals surface area contributed by atoms with E-state index in [4.69, 9.17) is 0 Å². The van der Waals surface area contributed by atoms with Gasteiger partial charge < -0.3 is 27.0 Å². The van der Waals surface area contributed by atoms with E-state index in [9.17, 15) is 0 Å². The van der Waals surface area contributed by atoms with Crippen molar-refractivity contribution in [3.05, 3.63) is 0 Å². The van der Waals surface area contributed by atoms with Crippen molar-refractivity contribution in [2.75, 3.05) is 0 Å². The van der Waals surface area contributed by atoms with Crippen molar-refractivity contribution in [2.45, 2.75) is 0 Å². The van der Waals surface area contributed by atoms with Crippen LogP contribution in [0, 0.1) is 0 Å². The summed E-state index contributed by atoms with van der Waals surface area (Å²) in [5.41, 5.74) is 0. The number of hydrogen-bond acceptors (Lipinski definition) is 0. The molecule has 0 aliphatic carbocycles. The van der Waals surface area contributed by atoms with Crippen LogP contribution in [-0.4, -0.2) is 0 Å². The predicted molar refractivity (Wildman–Crippen MR) is 14.7 cm³/mol. The zero-order valence-electron chi connectivity index (χ0n) is 2.39. The summed E-state index contributed by atoms with van der Waals surface area (Å²) in [6.07, 6.45) is 0. The normalized spacial score (nSPS) is 0. The molecular formula is KS2Y. The maximum atomic E-state index is 0. The van der Waals surface area contributed by atoms with Gasteiger partial charge in [-0.15, -0.1) is 0 Å². The molecule has 0 aromatic rings. The molecule has 4 heavy (non-hydrogen) atoms. The average Bonchev–Trinajstić information content (AvgIpc) is 0. The fourth-order valence-electron chi connectivity index (χ4n) is 0. The van der Waals surface area contributed by atoms with Crippen molar-refractivity contribution in [1.29, 1.82) is 0 Å². The predicted octanol–water partition coefficient (Wildman–Crippen LogP) is -3.00. The molecule has 0 fully saturated rings. The average molecular weight is 192 g/mol. The van der Waals surface area contributed by atoms with E-state index in [-0.39, 0.29) is 111 Å². The minimum absolute atomic E-state index is 0. The summed E-state index contributed by atoms with van der Waals surface area (Å²) in [6.45, 7) is 0. The first-order chi connectivity index (χ1) is 0. The molecule has 0 aliphatic rings. The van der Waals surface area contributed by atoms with E-state index in [2.05, 4.69) is 0 Å². The minimum atomic E-state index is 0. The van der Waals surface area contributed by atoms with Gasteiger partial charge in [0.2, 0.25) is 0 Å². The van der Waals surface area contributed by atoms with E-state index in [1.807, 2.05) is 0 Å². The molecule has 0 spiro atoms. The van der Waals surface area contributed by atoms with Gasteiger partial charge in [0.05, 0.1) is 0 Å². The Morgan fingerprint density at radius 3 is 0.750 bits per heavy atom. The first-order valence-electron chi connectivity index (χ1n) is 0. The maximum Gasteiger partial charge on any atom is 3.00 e. The Morgan fingerprint density at radius 1 is 0.750 bits per heavy atom. The molecule has 0 rings (SSSR count). The van der Waals surface area contributed by atoms with Crippen LogP contribution in [0.15, 0.2) is 0 Å². The van der Waals surface area contributed by atoms with Gasteiger partial charge in [-0.1, -0.05) is 0 Å². The quantitative estimate of drug-likeness (QED) is 0.359. The van der Waals surface area contributed by atoms with Gasteiger partial charge in [-0.2, -0.15) is 0 Å². The van der Waals surface area contributed by atoms with Crippen molar-refractivity contribution in [1.82, 2.24) is 0 Å². The summed E-state index contributed by atoms with van der Waals surface area (Å²) in [4.78, 5) is 0. The first kappa shape index (κ1) is 26.1. The third-order valence-electron chi connectivity index (χ3n) is 0. The summed E-state index contributed by atoms with van der Waals surface area (Å²) in [5, 5.41) is 0. The molecule has 4 heteroatoms. The van der Waals surface area contributed by atoms with Gasteiger partial charge >= 0.3 is 84.1 Å². The Morgan fingerprint density at radius 2 is 0.750 bits per heavy atom. The van der Waals surface area contributed by atoms with E-state index in [0.717, 1.165) is 0 Å². The molecule has 0 nitrogen and oxygen atoms in total. The molecule has 16 valence electrons. The van der Waals surface area contributed by atoms with Gasteiger partial charge in [0.25, 0.3) is 0 Å². The van der Waals surface area contributed by atoms with E-state index in [1.54, 1.807) is 0 Å².